The molecule has 0 radical (unpaired) electrons. The summed E-state index contributed by atoms with van der Waals surface area (Å²) in [7, 11) is -5.26. The van der Waals surface area contributed by atoms with E-state index in [-0.39, 0.29) is 0 Å². The van der Waals surface area contributed by atoms with Gasteiger partial charge in [-0.15, -0.1) is 42.7 Å². The SMILES string of the molecule is CCCC[Si](C)(C)S(CCC)(CCCCl)OS(CCC)(CCCCl)[Si](C)(C)CCCC. The second-order valence-electron chi connectivity index (χ2n) is 10.3. The zero-order valence-electron chi connectivity index (χ0n) is 22.3. The third-order valence-corrected chi connectivity index (χ3v) is 37.6. The van der Waals surface area contributed by atoms with Crippen molar-refractivity contribution in [3.8, 4) is 0 Å². The maximum atomic E-state index is 8.01. The molecule has 2 unspecified atom stereocenters. The van der Waals surface area contributed by atoms with E-state index >= 15 is 0 Å². The van der Waals surface area contributed by atoms with Crippen molar-refractivity contribution in [2.45, 2.75) is 117 Å². The first-order chi connectivity index (χ1) is 14.6. The van der Waals surface area contributed by atoms with Gasteiger partial charge in [0.2, 0.25) is 0 Å². The summed E-state index contributed by atoms with van der Waals surface area (Å²) in [5.74, 6) is 6.62. The number of hydrogen-bond donors (Lipinski definition) is 0. The standard InChI is InChI=1S/C24H56Cl2OS2Si2/c1-9-13-23-30(5,6)28(19-11-3,21-15-17-25)27-29(20-12-4,22-16-18-26)31(7,8)24-14-10-2/h9-24H2,1-8H3. The Balaban J connectivity index is 6.53. The van der Waals surface area contributed by atoms with Crippen LogP contribution in [0.2, 0.25) is 38.3 Å². The summed E-state index contributed by atoms with van der Waals surface area (Å²) in [6.07, 6.45) is 10.0. The van der Waals surface area contributed by atoms with Crippen LogP contribution in [0.15, 0.2) is 0 Å². The van der Waals surface area contributed by atoms with E-state index in [0.29, 0.717) is 0 Å². The van der Waals surface area contributed by atoms with Crippen LogP contribution < -0.4 is 0 Å². The molecule has 0 fully saturated rings. The second kappa shape index (κ2) is 16.4. The Morgan fingerprint density at radius 1 is 0.548 bits per heavy atom. The van der Waals surface area contributed by atoms with Gasteiger partial charge in [0, 0.05) is 11.8 Å². The second-order valence-corrected chi connectivity index (χ2v) is 35.6. The van der Waals surface area contributed by atoms with Gasteiger partial charge in [-0.3, -0.25) is 0 Å². The van der Waals surface area contributed by atoms with Crippen LogP contribution in [-0.2, 0) is 3.63 Å². The molecular weight excluding hydrogens is 495 g/mol. The predicted octanol–water partition coefficient (Wildman–Crippen LogP) is 10.5. The molecule has 0 aromatic carbocycles. The molecule has 0 spiro atoms. The van der Waals surface area contributed by atoms with Crippen LogP contribution in [0.1, 0.15) is 79.1 Å². The lowest BCUT2D eigenvalue weighted by atomic mass is 10.4. The minimum Gasteiger partial charge on any atom is -0.301 e. The van der Waals surface area contributed by atoms with E-state index in [4.69, 9.17) is 26.8 Å². The molecule has 0 saturated heterocycles. The van der Waals surface area contributed by atoms with Crippen LogP contribution in [0, 0.1) is 0 Å². The highest BCUT2D eigenvalue weighted by Crippen LogP contribution is 2.74. The average molecular weight is 552 g/mol. The molecule has 0 aliphatic rings. The zero-order valence-corrected chi connectivity index (χ0v) is 27.4. The molecule has 0 aliphatic heterocycles. The molecule has 2 atom stereocenters. The fourth-order valence-corrected chi connectivity index (χ4v) is 36.2. The van der Waals surface area contributed by atoms with E-state index in [9.17, 15) is 0 Å². The molecule has 0 bridgehead atoms. The van der Waals surface area contributed by atoms with Crippen molar-refractivity contribution >= 4 is 57.2 Å². The van der Waals surface area contributed by atoms with Crippen molar-refractivity contribution in [2.75, 3.05) is 34.8 Å². The van der Waals surface area contributed by atoms with Crippen molar-refractivity contribution in [3.63, 3.8) is 0 Å². The van der Waals surface area contributed by atoms with Crippen LogP contribution in [0.3, 0.4) is 0 Å². The molecule has 0 saturated carbocycles. The molecule has 0 amide bonds. The average Bonchev–Trinajstić information content (AvgIpc) is 2.72. The van der Waals surface area contributed by atoms with E-state index in [2.05, 4.69) is 53.9 Å². The van der Waals surface area contributed by atoms with Gasteiger partial charge in [-0.25, -0.2) is 0 Å². The van der Waals surface area contributed by atoms with Crippen LogP contribution in [-0.4, -0.2) is 49.2 Å². The van der Waals surface area contributed by atoms with Crippen molar-refractivity contribution in [3.05, 3.63) is 0 Å². The Hall–Kier alpha value is 1.67. The molecule has 0 aromatic rings. The third-order valence-electron chi connectivity index (χ3n) is 6.82. The highest BCUT2D eigenvalue weighted by molar-refractivity contribution is 8.63. The molecule has 7 heteroatoms. The summed E-state index contributed by atoms with van der Waals surface area (Å²) >= 11 is 12.6. The Morgan fingerprint density at radius 3 is 1.16 bits per heavy atom. The molecule has 31 heavy (non-hydrogen) atoms. The highest BCUT2D eigenvalue weighted by atomic mass is 35.5. The van der Waals surface area contributed by atoms with E-state index in [1.165, 1.54) is 73.6 Å². The minimum atomic E-state index is -1.54. The van der Waals surface area contributed by atoms with Crippen LogP contribution in [0.25, 0.3) is 0 Å². The van der Waals surface area contributed by atoms with Gasteiger partial charge >= 0.3 is 0 Å². The summed E-state index contributed by atoms with van der Waals surface area (Å²) in [5.41, 5.74) is 0. The Bertz CT molecular complexity index is 429. The first kappa shape index (κ1) is 32.7. The largest absolute Gasteiger partial charge is 0.301 e. The topological polar surface area (TPSA) is 9.23 Å². The quantitative estimate of drug-likeness (QED) is 0.108. The van der Waals surface area contributed by atoms with Crippen molar-refractivity contribution in [1.29, 1.82) is 0 Å². The van der Waals surface area contributed by atoms with Gasteiger partial charge in [-0.2, -0.15) is 0 Å². The number of alkyl halides is 2. The molecule has 0 N–H and O–H groups in total. The fraction of sp³-hybridized carbons (Fsp3) is 1.00. The van der Waals surface area contributed by atoms with Crippen LogP contribution >= 0.6 is 42.7 Å². The van der Waals surface area contributed by atoms with Crippen molar-refractivity contribution < 1.29 is 3.63 Å². The lowest BCUT2D eigenvalue weighted by molar-refractivity contribution is 0.687. The first-order valence-corrected chi connectivity index (χ1v) is 25.7. The van der Waals surface area contributed by atoms with E-state index < -0.39 is 34.0 Å². The lowest BCUT2D eigenvalue weighted by Crippen LogP contribution is -2.45. The van der Waals surface area contributed by atoms with Gasteiger partial charge < -0.3 is 3.63 Å². The van der Waals surface area contributed by atoms with Gasteiger partial charge in [-0.05, 0) is 60.8 Å². The summed E-state index contributed by atoms with van der Waals surface area (Å²) in [5, 5.41) is 0. The summed E-state index contributed by atoms with van der Waals surface area (Å²) in [4.78, 5) is 0. The van der Waals surface area contributed by atoms with E-state index in [1.54, 1.807) is 0 Å². The summed E-state index contributed by atoms with van der Waals surface area (Å²) in [6.45, 7) is 20.1. The minimum absolute atomic E-state index is 0.772. The van der Waals surface area contributed by atoms with Gasteiger partial charge in [-0.1, -0.05) is 79.6 Å². The van der Waals surface area contributed by atoms with E-state index in [0.717, 1.165) is 24.6 Å². The molecule has 0 aromatic heterocycles. The smallest absolute Gasteiger partial charge is 0.121 e. The molecule has 0 rings (SSSR count). The maximum absolute atomic E-state index is 8.01. The van der Waals surface area contributed by atoms with Gasteiger partial charge in [0.1, 0.15) is 14.4 Å². The maximum Gasteiger partial charge on any atom is 0.121 e. The Morgan fingerprint density at radius 2 is 0.903 bits per heavy atom. The Labute approximate surface area is 211 Å². The summed E-state index contributed by atoms with van der Waals surface area (Å²) in [6, 6.07) is 2.82. The van der Waals surface area contributed by atoms with E-state index in [1.807, 2.05) is 0 Å². The van der Waals surface area contributed by atoms with Crippen LogP contribution in [0.4, 0.5) is 0 Å². The number of hydrogen-bond acceptors (Lipinski definition) is 1. The van der Waals surface area contributed by atoms with Crippen molar-refractivity contribution in [1.82, 2.24) is 0 Å². The monoisotopic (exact) mass is 550 g/mol. The fourth-order valence-electron chi connectivity index (χ4n) is 4.69. The normalized spacial score (nSPS) is 18.9. The van der Waals surface area contributed by atoms with Crippen LogP contribution in [0.5, 0.6) is 0 Å². The van der Waals surface area contributed by atoms with Gasteiger partial charge in [0.25, 0.3) is 0 Å². The Kier molecular flexibility index (Phi) is 17.2. The molecular formula is C24H56Cl2OS2Si2. The molecule has 0 aliphatic carbocycles. The first-order valence-electron chi connectivity index (χ1n) is 13.0. The number of unbranched alkanes of at least 4 members (excludes halogenated alkanes) is 2. The van der Waals surface area contributed by atoms with Crippen molar-refractivity contribution in [2.24, 2.45) is 0 Å². The number of halogens is 2. The predicted molar refractivity (Wildman–Crippen MR) is 161 cm³/mol. The number of rotatable bonds is 20. The molecule has 192 valence electrons. The lowest BCUT2D eigenvalue weighted by Gasteiger charge is -2.61. The third kappa shape index (κ3) is 9.68. The highest BCUT2D eigenvalue weighted by Gasteiger charge is 2.50. The summed E-state index contributed by atoms with van der Waals surface area (Å²) < 4.78 is 8.01. The molecule has 0 heterocycles. The zero-order chi connectivity index (χ0) is 24.0. The molecule has 1 nitrogen and oxygen atoms in total. The van der Waals surface area contributed by atoms with Gasteiger partial charge in [0.15, 0.2) is 0 Å². The van der Waals surface area contributed by atoms with Gasteiger partial charge in [0.05, 0.1) is 0 Å².